The van der Waals surface area contributed by atoms with Crippen LogP contribution in [0.3, 0.4) is 0 Å². The quantitative estimate of drug-likeness (QED) is 0.384. The van der Waals surface area contributed by atoms with Crippen molar-refractivity contribution < 1.29 is 51.4 Å². The number of carbonyl (C=O) groups is 3. The summed E-state index contributed by atoms with van der Waals surface area (Å²) in [7, 11) is 0. The zero-order valence-electron chi connectivity index (χ0n) is 16.7. The molecule has 1 aliphatic rings. The number of rotatable bonds is 3. The number of aliphatic carboxylic acids is 3. The Bertz CT molecular complexity index is 613. The summed E-state index contributed by atoms with van der Waals surface area (Å²) < 4.78 is 0. The van der Waals surface area contributed by atoms with Crippen LogP contribution < -0.4 is 0 Å². The average molecular weight is 425 g/mol. The number of hydrogen-bond donors (Lipinski definition) is 3. The Labute approximate surface area is 181 Å². The molecule has 0 amide bonds. The number of carboxylic acids is 3. The Hall–Kier alpha value is -2.31. The van der Waals surface area contributed by atoms with E-state index in [0.29, 0.717) is 0 Å². The third kappa shape index (κ3) is 13.0. The van der Waals surface area contributed by atoms with Crippen LogP contribution in [0, 0.1) is 20.8 Å². The maximum Gasteiger partial charge on any atom is 0.327 e. The molecular weight excluding hydrogens is 396 g/mol. The monoisotopic (exact) mass is 425 g/mol. The Kier molecular flexibility index (Phi) is 18.3. The third-order valence-corrected chi connectivity index (χ3v) is 4.02. The predicted molar refractivity (Wildman–Crippen MR) is 106 cm³/mol. The minimum absolute atomic E-state index is 0. The van der Waals surface area contributed by atoms with Gasteiger partial charge in [-0.1, -0.05) is 66.2 Å². The van der Waals surface area contributed by atoms with Gasteiger partial charge < -0.3 is 15.3 Å². The molecule has 0 saturated heterocycles. The molecule has 3 N–H and O–H groups in total. The van der Waals surface area contributed by atoms with Crippen molar-refractivity contribution in [3.63, 3.8) is 0 Å². The van der Waals surface area contributed by atoms with Crippen LogP contribution in [0.25, 0.3) is 0 Å². The van der Waals surface area contributed by atoms with E-state index in [4.69, 9.17) is 15.3 Å². The van der Waals surface area contributed by atoms with Gasteiger partial charge in [-0.15, -0.1) is 0 Å². The Balaban J connectivity index is -0.000000334. The maximum absolute atomic E-state index is 9.25. The average Bonchev–Trinajstić information content (AvgIpc) is 2.87. The van der Waals surface area contributed by atoms with Crippen LogP contribution in [0.4, 0.5) is 0 Å². The molecule has 0 aromatic heterocycles. The van der Waals surface area contributed by atoms with E-state index >= 15 is 0 Å². The van der Waals surface area contributed by atoms with E-state index < -0.39 is 17.9 Å². The van der Waals surface area contributed by atoms with E-state index in [2.05, 4.69) is 40.5 Å². The molecule has 28 heavy (non-hydrogen) atoms. The molecule has 0 bridgehead atoms. The van der Waals surface area contributed by atoms with Gasteiger partial charge in [0.1, 0.15) is 0 Å². The van der Waals surface area contributed by atoms with Crippen molar-refractivity contribution in [2.45, 2.75) is 46.5 Å². The van der Waals surface area contributed by atoms with Gasteiger partial charge in [0.25, 0.3) is 0 Å². The van der Waals surface area contributed by atoms with Crippen molar-refractivity contribution in [2.24, 2.45) is 0 Å². The van der Waals surface area contributed by atoms with Gasteiger partial charge in [0.15, 0.2) is 0 Å². The molecule has 0 heterocycles. The summed E-state index contributed by atoms with van der Waals surface area (Å²) in [5.74, 6) is -2.94. The largest absolute Gasteiger partial charge is 0.478 e. The van der Waals surface area contributed by atoms with Gasteiger partial charge in [-0.05, 0) is 0 Å². The van der Waals surface area contributed by atoms with Crippen LogP contribution in [-0.2, 0) is 48.9 Å². The van der Waals surface area contributed by atoms with E-state index in [0.717, 1.165) is 18.2 Å². The van der Waals surface area contributed by atoms with Crippen molar-refractivity contribution in [3.8, 4) is 0 Å². The minimum Gasteiger partial charge on any atom is -0.478 e. The smallest absolute Gasteiger partial charge is 0.327 e. The van der Waals surface area contributed by atoms with Crippen molar-refractivity contribution >= 4 is 17.9 Å². The van der Waals surface area contributed by atoms with E-state index in [1.54, 1.807) is 27.8 Å². The molecule has 0 atom stereocenters. The van der Waals surface area contributed by atoms with Crippen molar-refractivity contribution in [3.05, 3.63) is 65.8 Å². The van der Waals surface area contributed by atoms with Gasteiger partial charge in [-0.25, -0.2) is 14.4 Å². The summed E-state index contributed by atoms with van der Waals surface area (Å²) in [6, 6.07) is 0. The molecule has 0 fully saturated rings. The first kappa shape index (κ1) is 30.4. The Morgan fingerprint density at radius 1 is 0.857 bits per heavy atom. The van der Waals surface area contributed by atoms with Crippen LogP contribution in [-0.4, -0.2) is 33.2 Å². The summed E-state index contributed by atoms with van der Waals surface area (Å²) in [5.41, 5.74) is 8.04. The molecule has 0 radical (unpaired) electrons. The van der Waals surface area contributed by atoms with Crippen molar-refractivity contribution in [1.29, 1.82) is 0 Å². The molecule has 0 aliphatic heterocycles. The Morgan fingerprint density at radius 3 is 1.46 bits per heavy atom. The first-order valence-electron chi connectivity index (χ1n) is 8.33. The van der Waals surface area contributed by atoms with Crippen LogP contribution in [0.2, 0.25) is 0 Å². The van der Waals surface area contributed by atoms with E-state index in [9.17, 15) is 14.4 Å². The molecule has 2 rings (SSSR count). The zero-order chi connectivity index (χ0) is 21.6. The van der Waals surface area contributed by atoms with Gasteiger partial charge in [0.05, 0.1) is 0 Å². The van der Waals surface area contributed by atoms with Crippen LogP contribution in [0.5, 0.6) is 0 Å². The Morgan fingerprint density at radius 2 is 1.18 bits per heavy atom. The van der Waals surface area contributed by atoms with Gasteiger partial charge in [0, 0.05) is 39.9 Å². The molecule has 0 spiro atoms. The van der Waals surface area contributed by atoms with Crippen LogP contribution in [0.15, 0.2) is 38.0 Å². The standard InChI is InChI=1S/C12H17.3C3H4O2.Ti/c1-8-9(2)11-6-4-5-7-12(11)10(8)3;3*1-2-3(4)5;/h4-7H2,1-3H3;3*2H,1H2,(H,4,5);/q-1;;;;. The second kappa shape index (κ2) is 16.8. The van der Waals surface area contributed by atoms with E-state index in [1.807, 2.05) is 0 Å². The maximum atomic E-state index is 9.25. The van der Waals surface area contributed by atoms with Gasteiger partial charge in [0.2, 0.25) is 0 Å². The summed E-state index contributed by atoms with van der Waals surface area (Å²) in [6.07, 6.45) is 7.96. The van der Waals surface area contributed by atoms with Crippen molar-refractivity contribution in [2.75, 3.05) is 0 Å². The molecular formula is C21H29O6Ti-. The number of hydrogen-bond acceptors (Lipinski definition) is 3. The van der Waals surface area contributed by atoms with Crippen molar-refractivity contribution in [1.82, 2.24) is 0 Å². The molecule has 0 unspecified atom stereocenters. The van der Waals surface area contributed by atoms with Gasteiger partial charge >= 0.3 is 17.9 Å². The number of fused-ring (bicyclic) bond motifs is 1. The molecule has 1 aromatic carbocycles. The first-order valence-corrected chi connectivity index (χ1v) is 8.33. The molecule has 6 nitrogen and oxygen atoms in total. The zero-order valence-corrected chi connectivity index (χ0v) is 18.3. The number of carboxylic acid groups (broad SMARTS) is 3. The van der Waals surface area contributed by atoms with Gasteiger partial charge in [-0.2, -0.15) is 27.8 Å². The SMILES string of the molecule is C=CC(=O)O.C=CC(=O)O.C=CC(=O)O.Cc1c2c([c-](C)c1C)CCCC2.[Ti]. The summed E-state index contributed by atoms with van der Waals surface area (Å²) in [5, 5.41) is 22.8. The van der Waals surface area contributed by atoms with Crippen LogP contribution >= 0.6 is 0 Å². The predicted octanol–water partition coefficient (Wildman–Crippen LogP) is 3.98. The fraction of sp³-hybridized carbons (Fsp3) is 0.333. The summed E-state index contributed by atoms with van der Waals surface area (Å²) in [4.78, 5) is 27.8. The summed E-state index contributed by atoms with van der Waals surface area (Å²) >= 11 is 0. The van der Waals surface area contributed by atoms with Gasteiger partial charge in [-0.3, -0.25) is 0 Å². The normalized spacial score (nSPS) is 10.4. The summed E-state index contributed by atoms with van der Waals surface area (Å²) in [6.45, 7) is 15.7. The fourth-order valence-electron chi connectivity index (χ4n) is 2.47. The molecule has 1 aliphatic carbocycles. The molecule has 154 valence electrons. The molecule has 0 saturated carbocycles. The first-order chi connectivity index (χ1) is 12.5. The molecule has 7 heteroatoms. The van der Waals surface area contributed by atoms with E-state index in [1.165, 1.54) is 25.7 Å². The topological polar surface area (TPSA) is 112 Å². The fourth-order valence-corrected chi connectivity index (χ4v) is 2.47. The van der Waals surface area contributed by atoms with Crippen LogP contribution in [0.1, 0.15) is 40.7 Å². The molecule has 1 aromatic rings. The van der Waals surface area contributed by atoms with E-state index in [-0.39, 0.29) is 21.7 Å². The second-order valence-electron chi connectivity index (χ2n) is 5.67. The second-order valence-corrected chi connectivity index (χ2v) is 5.67. The third-order valence-electron chi connectivity index (χ3n) is 4.02. The minimum atomic E-state index is -0.981.